The van der Waals surface area contributed by atoms with Crippen LogP contribution in [0.4, 0.5) is 5.69 Å². The third kappa shape index (κ3) is 6.83. The van der Waals surface area contributed by atoms with E-state index in [0.29, 0.717) is 18.7 Å². The minimum Gasteiger partial charge on any atom is -0.459 e. The van der Waals surface area contributed by atoms with Gasteiger partial charge in [0.25, 0.3) is 5.91 Å². The SMILES string of the molecule is CCCCCCCC(=O)NCc1ccc(NC(=O)c2ccco2)cc1. The molecule has 0 radical (unpaired) electrons. The van der Waals surface area contributed by atoms with Gasteiger partial charge in [0.05, 0.1) is 6.26 Å². The normalized spacial score (nSPS) is 10.4. The van der Waals surface area contributed by atoms with Crippen LogP contribution in [0.5, 0.6) is 0 Å². The zero-order valence-electron chi connectivity index (χ0n) is 14.7. The van der Waals surface area contributed by atoms with Crippen LogP contribution in [0.1, 0.15) is 61.6 Å². The molecule has 0 saturated heterocycles. The van der Waals surface area contributed by atoms with Crippen LogP contribution in [0.25, 0.3) is 0 Å². The molecule has 1 heterocycles. The highest BCUT2D eigenvalue weighted by molar-refractivity contribution is 6.02. The highest BCUT2D eigenvalue weighted by atomic mass is 16.3. The topological polar surface area (TPSA) is 71.3 Å². The van der Waals surface area contributed by atoms with Crippen molar-refractivity contribution in [2.75, 3.05) is 5.32 Å². The summed E-state index contributed by atoms with van der Waals surface area (Å²) in [6.45, 7) is 2.68. The molecule has 0 unspecified atom stereocenters. The number of anilines is 1. The number of rotatable bonds is 10. The highest BCUT2D eigenvalue weighted by Gasteiger charge is 2.08. The molecule has 2 rings (SSSR count). The van der Waals surface area contributed by atoms with Gasteiger partial charge in [0, 0.05) is 18.7 Å². The Hall–Kier alpha value is -2.56. The number of carbonyl (C=O) groups is 2. The minimum atomic E-state index is -0.283. The molecule has 0 atom stereocenters. The van der Waals surface area contributed by atoms with Crippen molar-refractivity contribution in [2.45, 2.75) is 52.0 Å². The summed E-state index contributed by atoms with van der Waals surface area (Å²) in [4.78, 5) is 23.7. The lowest BCUT2D eigenvalue weighted by Crippen LogP contribution is -2.22. The maximum absolute atomic E-state index is 11.9. The minimum absolute atomic E-state index is 0.0895. The fourth-order valence-corrected chi connectivity index (χ4v) is 2.48. The Morgan fingerprint density at radius 2 is 1.76 bits per heavy atom. The number of unbranched alkanes of at least 4 members (excludes halogenated alkanes) is 4. The zero-order valence-corrected chi connectivity index (χ0v) is 14.7. The first kappa shape index (κ1) is 18.8. The molecule has 0 aliphatic carbocycles. The third-order valence-corrected chi connectivity index (χ3v) is 3.95. The monoisotopic (exact) mass is 342 g/mol. The predicted molar refractivity (Wildman–Crippen MR) is 98.3 cm³/mol. The van der Waals surface area contributed by atoms with Gasteiger partial charge in [0.1, 0.15) is 0 Å². The van der Waals surface area contributed by atoms with Crippen LogP contribution < -0.4 is 10.6 Å². The molecule has 0 fully saturated rings. The van der Waals surface area contributed by atoms with Gasteiger partial charge in [-0.05, 0) is 36.2 Å². The lowest BCUT2D eigenvalue weighted by atomic mass is 10.1. The van der Waals surface area contributed by atoms with Gasteiger partial charge >= 0.3 is 0 Å². The first-order chi connectivity index (χ1) is 12.2. The summed E-state index contributed by atoms with van der Waals surface area (Å²) in [6, 6.07) is 10.7. The molecule has 0 saturated carbocycles. The summed E-state index contributed by atoms with van der Waals surface area (Å²) < 4.78 is 5.05. The molecule has 1 aromatic carbocycles. The van der Waals surface area contributed by atoms with Crippen LogP contribution in [-0.4, -0.2) is 11.8 Å². The highest BCUT2D eigenvalue weighted by Crippen LogP contribution is 2.12. The number of amides is 2. The smallest absolute Gasteiger partial charge is 0.291 e. The Morgan fingerprint density at radius 3 is 2.44 bits per heavy atom. The second-order valence-corrected chi connectivity index (χ2v) is 6.07. The number of carbonyl (C=O) groups excluding carboxylic acids is 2. The Labute approximate surface area is 148 Å². The molecule has 0 spiro atoms. The van der Waals surface area contributed by atoms with Crippen molar-refractivity contribution < 1.29 is 14.0 Å². The van der Waals surface area contributed by atoms with Crippen LogP contribution in [0.15, 0.2) is 47.1 Å². The van der Waals surface area contributed by atoms with Crippen LogP contribution in [0.2, 0.25) is 0 Å². The molecule has 0 aliphatic rings. The molecule has 25 heavy (non-hydrogen) atoms. The van der Waals surface area contributed by atoms with Gasteiger partial charge in [-0.2, -0.15) is 0 Å². The number of hydrogen-bond acceptors (Lipinski definition) is 3. The van der Waals surface area contributed by atoms with E-state index < -0.39 is 0 Å². The van der Waals surface area contributed by atoms with E-state index in [4.69, 9.17) is 4.42 Å². The van der Waals surface area contributed by atoms with E-state index >= 15 is 0 Å². The molecular weight excluding hydrogens is 316 g/mol. The molecule has 0 aliphatic heterocycles. The first-order valence-electron chi connectivity index (χ1n) is 8.89. The van der Waals surface area contributed by atoms with E-state index in [1.54, 1.807) is 12.1 Å². The van der Waals surface area contributed by atoms with Crippen molar-refractivity contribution in [3.05, 3.63) is 54.0 Å². The van der Waals surface area contributed by atoms with E-state index in [1.807, 2.05) is 24.3 Å². The van der Waals surface area contributed by atoms with Crippen molar-refractivity contribution in [3.63, 3.8) is 0 Å². The Balaban J connectivity index is 1.69. The van der Waals surface area contributed by atoms with Gasteiger partial charge in [-0.3, -0.25) is 9.59 Å². The fourth-order valence-electron chi connectivity index (χ4n) is 2.48. The van der Waals surface area contributed by atoms with Crippen LogP contribution in [0.3, 0.4) is 0 Å². The van der Waals surface area contributed by atoms with Gasteiger partial charge < -0.3 is 15.1 Å². The summed E-state index contributed by atoms with van der Waals surface area (Å²) in [5.74, 6) is 0.0797. The van der Waals surface area contributed by atoms with Gasteiger partial charge in [-0.25, -0.2) is 0 Å². The second kappa shape index (κ2) is 10.3. The largest absolute Gasteiger partial charge is 0.459 e. The zero-order chi connectivity index (χ0) is 17.9. The quantitative estimate of drug-likeness (QED) is 0.624. The second-order valence-electron chi connectivity index (χ2n) is 6.07. The third-order valence-electron chi connectivity index (χ3n) is 3.95. The maximum atomic E-state index is 11.9. The average molecular weight is 342 g/mol. The van der Waals surface area contributed by atoms with Gasteiger partial charge in [0.2, 0.25) is 5.91 Å². The van der Waals surface area contributed by atoms with Crippen LogP contribution in [0, 0.1) is 0 Å². The van der Waals surface area contributed by atoms with Gasteiger partial charge in [-0.15, -0.1) is 0 Å². The lowest BCUT2D eigenvalue weighted by molar-refractivity contribution is -0.121. The summed E-state index contributed by atoms with van der Waals surface area (Å²) >= 11 is 0. The summed E-state index contributed by atoms with van der Waals surface area (Å²) in [5, 5.41) is 5.69. The molecule has 5 heteroatoms. The Bertz CT molecular complexity index is 648. The van der Waals surface area contributed by atoms with Crippen molar-refractivity contribution in [3.8, 4) is 0 Å². The van der Waals surface area contributed by atoms with E-state index in [2.05, 4.69) is 17.6 Å². The molecule has 1 aromatic heterocycles. The van der Waals surface area contributed by atoms with Gasteiger partial charge in [0.15, 0.2) is 5.76 Å². The number of benzene rings is 1. The van der Waals surface area contributed by atoms with Crippen LogP contribution >= 0.6 is 0 Å². The van der Waals surface area contributed by atoms with E-state index in [1.165, 1.54) is 25.5 Å². The van der Waals surface area contributed by atoms with Crippen molar-refractivity contribution in [1.82, 2.24) is 5.32 Å². The predicted octanol–water partition coefficient (Wildman–Crippen LogP) is 4.51. The van der Waals surface area contributed by atoms with E-state index in [0.717, 1.165) is 18.4 Å². The molecule has 0 bridgehead atoms. The summed E-state index contributed by atoms with van der Waals surface area (Å²) in [6.07, 6.45) is 7.77. The van der Waals surface area contributed by atoms with E-state index in [9.17, 15) is 9.59 Å². The molecule has 5 nitrogen and oxygen atoms in total. The standard InChI is InChI=1S/C20H26N2O3/c1-2-3-4-5-6-9-19(23)21-15-16-10-12-17(13-11-16)22-20(24)18-8-7-14-25-18/h7-8,10-14H,2-6,9,15H2,1H3,(H,21,23)(H,22,24). The van der Waals surface area contributed by atoms with Gasteiger partial charge in [-0.1, -0.05) is 44.7 Å². The number of furan rings is 1. The average Bonchev–Trinajstić information content (AvgIpc) is 3.16. The summed E-state index contributed by atoms with van der Waals surface area (Å²) in [5.41, 5.74) is 1.68. The molecule has 2 N–H and O–H groups in total. The Kier molecular flexibility index (Phi) is 7.76. The summed E-state index contributed by atoms with van der Waals surface area (Å²) in [7, 11) is 0. The molecular formula is C20H26N2O3. The Morgan fingerprint density at radius 1 is 1.00 bits per heavy atom. The van der Waals surface area contributed by atoms with Crippen molar-refractivity contribution >= 4 is 17.5 Å². The van der Waals surface area contributed by atoms with Crippen molar-refractivity contribution in [2.24, 2.45) is 0 Å². The first-order valence-corrected chi connectivity index (χ1v) is 8.89. The van der Waals surface area contributed by atoms with Crippen LogP contribution in [-0.2, 0) is 11.3 Å². The molecule has 134 valence electrons. The number of hydrogen-bond donors (Lipinski definition) is 2. The van der Waals surface area contributed by atoms with E-state index in [-0.39, 0.29) is 17.6 Å². The number of nitrogens with one attached hydrogen (secondary N) is 2. The molecule has 2 aromatic rings. The molecule has 2 amide bonds. The lowest BCUT2D eigenvalue weighted by Gasteiger charge is -2.07. The van der Waals surface area contributed by atoms with Crippen molar-refractivity contribution in [1.29, 1.82) is 0 Å². The maximum Gasteiger partial charge on any atom is 0.291 e. The fraction of sp³-hybridized carbons (Fsp3) is 0.400.